The highest BCUT2D eigenvalue weighted by molar-refractivity contribution is 7.80. The van der Waals surface area contributed by atoms with E-state index in [1.54, 1.807) is 18.2 Å². The molecule has 2 aromatic heterocycles. The van der Waals surface area contributed by atoms with Gasteiger partial charge in [-0.1, -0.05) is 40.9 Å². The van der Waals surface area contributed by atoms with Crippen molar-refractivity contribution in [3.63, 3.8) is 0 Å². The number of carbonyl (C=O) groups is 1. The van der Waals surface area contributed by atoms with Crippen LogP contribution in [0.1, 0.15) is 28.6 Å². The van der Waals surface area contributed by atoms with E-state index in [0.29, 0.717) is 24.7 Å². The second-order valence-electron chi connectivity index (χ2n) is 7.48. The largest absolute Gasteiger partial charge is 0.459 e. The molecule has 1 fully saturated rings. The lowest BCUT2D eigenvalue weighted by molar-refractivity contribution is 0.0904. The third-order valence-electron chi connectivity index (χ3n) is 5.38. The SMILES string of the molecule is O=C(N[C@@H](NC(=S)N1C[C@@H]2C[C@@H](C1)c1cccc(=O)n1C2)C(Cl)(Cl)Cl)c1ccco1. The van der Waals surface area contributed by atoms with Crippen LogP contribution in [-0.2, 0) is 6.54 Å². The molecule has 2 aliphatic heterocycles. The fourth-order valence-corrected chi connectivity index (χ4v) is 4.68. The van der Waals surface area contributed by atoms with E-state index in [2.05, 4.69) is 10.6 Å². The molecule has 30 heavy (non-hydrogen) atoms. The molecule has 2 bridgehead atoms. The molecule has 160 valence electrons. The molecule has 2 N–H and O–H groups in total. The maximum Gasteiger partial charge on any atom is 0.288 e. The highest BCUT2D eigenvalue weighted by Gasteiger charge is 2.39. The number of nitrogens with one attached hydrogen (secondary N) is 2. The molecule has 0 unspecified atom stereocenters. The predicted octanol–water partition coefficient (Wildman–Crippen LogP) is 2.86. The molecule has 7 nitrogen and oxygen atoms in total. The topological polar surface area (TPSA) is 79.5 Å². The molecular weight excluding hydrogens is 471 g/mol. The first-order chi connectivity index (χ1) is 14.2. The van der Waals surface area contributed by atoms with E-state index in [9.17, 15) is 9.59 Å². The predicted molar refractivity (Wildman–Crippen MR) is 119 cm³/mol. The Bertz CT molecular complexity index is 1010. The summed E-state index contributed by atoms with van der Waals surface area (Å²) in [5.74, 6) is 0.0158. The van der Waals surface area contributed by atoms with Crippen LogP contribution < -0.4 is 16.2 Å². The Morgan fingerprint density at radius 2 is 1.97 bits per heavy atom. The fourth-order valence-electron chi connectivity index (χ4n) is 4.09. The first kappa shape index (κ1) is 21.5. The average molecular weight is 490 g/mol. The van der Waals surface area contributed by atoms with Crippen molar-refractivity contribution in [3.05, 3.63) is 58.4 Å². The number of likely N-dealkylation sites (tertiary alicyclic amines) is 1. The molecule has 2 aliphatic rings. The molecule has 1 saturated heterocycles. The second kappa shape index (κ2) is 8.42. The number of thiocarbonyl (C=S) groups is 1. The number of nitrogens with zero attached hydrogens (tertiary/aromatic N) is 2. The first-order valence-corrected chi connectivity index (χ1v) is 10.9. The Morgan fingerprint density at radius 3 is 2.67 bits per heavy atom. The molecule has 4 heterocycles. The number of piperidine rings is 1. The number of hydrogen-bond acceptors (Lipinski definition) is 4. The summed E-state index contributed by atoms with van der Waals surface area (Å²) in [6.07, 6.45) is 1.31. The van der Waals surface area contributed by atoms with Gasteiger partial charge in [-0.15, -0.1) is 0 Å². The Labute approximate surface area is 193 Å². The molecule has 0 spiro atoms. The molecule has 1 amide bonds. The van der Waals surface area contributed by atoms with Crippen molar-refractivity contribution >= 4 is 58.0 Å². The zero-order chi connectivity index (χ0) is 21.5. The van der Waals surface area contributed by atoms with Crippen LogP contribution in [0.5, 0.6) is 0 Å². The number of pyridine rings is 1. The summed E-state index contributed by atoms with van der Waals surface area (Å²) in [5, 5.41) is 5.94. The first-order valence-electron chi connectivity index (χ1n) is 9.38. The number of amides is 1. The zero-order valence-corrected chi connectivity index (χ0v) is 18.8. The number of aromatic nitrogens is 1. The van der Waals surface area contributed by atoms with Crippen molar-refractivity contribution in [2.75, 3.05) is 13.1 Å². The zero-order valence-electron chi connectivity index (χ0n) is 15.7. The van der Waals surface area contributed by atoms with E-state index in [4.69, 9.17) is 51.4 Å². The molecule has 3 atom stereocenters. The van der Waals surface area contributed by atoms with Gasteiger partial charge in [-0.2, -0.15) is 0 Å². The number of furan rings is 1. The molecule has 0 saturated carbocycles. The van der Waals surface area contributed by atoms with Crippen molar-refractivity contribution < 1.29 is 9.21 Å². The lowest BCUT2D eigenvalue weighted by Gasteiger charge is -2.44. The lowest BCUT2D eigenvalue weighted by Crippen LogP contribution is -2.60. The van der Waals surface area contributed by atoms with Gasteiger partial charge in [0.2, 0.25) is 3.79 Å². The minimum Gasteiger partial charge on any atom is -0.459 e. The quantitative estimate of drug-likeness (QED) is 0.392. The van der Waals surface area contributed by atoms with Gasteiger partial charge in [0.15, 0.2) is 10.9 Å². The minimum absolute atomic E-state index is 0.0215. The van der Waals surface area contributed by atoms with Crippen LogP contribution in [0.2, 0.25) is 0 Å². The van der Waals surface area contributed by atoms with E-state index < -0.39 is 15.9 Å². The number of carbonyl (C=O) groups excluding carboxylic acids is 1. The molecule has 0 aromatic carbocycles. The van der Waals surface area contributed by atoms with E-state index in [1.165, 1.54) is 12.3 Å². The summed E-state index contributed by atoms with van der Waals surface area (Å²) in [6, 6.07) is 8.45. The van der Waals surface area contributed by atoms with Crippen molar-refractivity contribution in [1.82, 2.24) is 20.1 Å². The van der Waals surface area contributed by atoms with Gasteiger partial charge in [0, 0.05) is 37.3 Å². The van der Waals surface area contributed by atoms with Crippen LogP contribution in [-0.4, -0.2) is 43.5 Å². The van der Waals surface area contributed by atoms with Crippen LogP contribution in [0.3, 0.4) is 0 Å². The van der Waals surface area contributed by atoms with Crippen LogP contribution in [0.25, 0.3) is 0 Å². The molecule has 2 aromatic rings. The third-order valence-corrected chi connectivity index (χ3v) is 6.41. The summed E-state index contributed by atoms with van der Waals surface area (Å²) in [7, 11) is 0. The third kappa shape index (κ3) is 4.46. The van der Waals surface area contributed by atoms with Gasteiger partial charge in [0.1, 0.15) is 6.17 Å². The Kier molecular flexibility index (Phi) is 6.03. The number of rotatable bonds is 3. The normalized spacial score (nSPS) is 21.5. The monoisotopic (exact) mass is 488 g/mol. The second-order valence-corrected chi connectivity index (χ2v) is 10.2. The standard InChI is InChI=1S/C19H19Cl3N4O3S/c20-19(21,22)17(23-16(28)14-4-2-6-29-14)24-18(30)25-8-11-7-12(10-25)13-3-1-5-15(27)26(13)9-11/h1-6,11-12,17H,7-10H2,(H,23,28)(H,24,30)/t11-,12-,17-/m0/s1. The van der Waals surface area contributed by atoms with Gasteiger partial charge in [0.05, 0.1) is 6.26 Å². The number of halogens is 3. The number of alkyl halides is 3. The highest BCUT2D eigenvalue weighted by atomic mass is 35.6. The highest BCUT2D eigenvalue weighted by Crippen LogP contribution is 2.35. The molecular formula is C19H19Cl3N4O3S. The van der Waals surface area contributed by atoms with Gasteiger partial charge < -0.3 is 24.5 Å². The van der Waals surface area contributed by atoms with Gasteiger partial charge in [0.25, 0.3) is 11.5 Å². The molecule has 4 rings (SSSR count). The minimum atomic E-state index is -1.85. The Hall–Kier alpha value is -1.74. The van der Waals surface area contributed by atoms with Crippen LogP contribution in [0.15, 0.2) is 45.8 Å². The maximum atomic E-state index is 12.3. The van der Waals surface area contributed by atoms with E-state index in [1.807, 2.05) is 15.5 Å². The molecule has 11 heteroatoms. The maximum absolute atomic E-state index is 12.3. The lowest BCUT2D eigenvalue weighted by atomic mass is 9.83. The van der Waals surface area contributed by atoms with E-state index >= 15 is 0 Å². The number of fused-ring (bicyclic) bond motifs is 4. The fraction of sp³-hybridized carbons (Fsp3) is 0.421. The van der Waals surface area contributed by atoms with Crippen molar-refractivity contribution in [1.29, 1.82) is 0 Å². The Morgan fingerprint density at radius 1 is 1.17 bits per heavy atom. The van der Waals surface area contributed by atoms with Gasteiger partial charge in [-0.3, -0.25) is 9.59 Å². The average Bonchev–Trinajstić information content (AvgIpc) is 3.22. The van der Waals surface area contributed by atoms with Crippen LogP contribution >= 0.6 is 47.0 Å². The Balaban J connectivity index is 1.47. The molecule has 0 aliphatic carbocycles. The summed E-state index contributed by atoms with van der Waals surface area (Å²) in [6.45, 7) is 1.94. The summed E-state index contributed by atoms with van der Waals surface area (Å²) < 4.78 is 5.08. The van der Waals surface area contributed by atoms with Crippen molar-refractivity contribution in [3.8, 4) is 0 Å². The van der Waals surface area contributed by atoms with Gasteiger partial charge in [-0.25, -0.2) is 0 Å². The van der Waals surface area contributed by atoms with Crippen LogP contribution in [0, 0.1) is 5.92 Å². The van der Waals surface area contributed by atoms with Crippen LogP contribution in [0.4, 0.5) is 0 Å². The summed E-state index contributed by atoms with van der Waals surface area (Å²) in [5.41, 5.74) is 1.03. The van der Waals surface area contributed by atoms with E-state index in [-0.39, 0.29) is 23.2 Å². The van der Waals surface area contributed by atoms with E-state index in [0.717, 1.165) is 12.1 Å². The number of hydrogen-bond donors (Lipinski definition) is 2. The van der Waals surface area contributed by atoms with Crippen molar-refractivity contribution in [2.24, 2.45) is 5.92 Å². The summed E-state index contributed by atoms with van der Waals surface area (Å²) in [4.78, 5) is 26.5. The van der Waals surface area contributed by atoms with Crippen molar-refractivity contribution in [2.45, 2.75) is 28.8 Å². The van der Waals surface area contributed by atoms with Gasteiger partial charge in [-0.05, 0) is 42.8 Å². The smallest absolute Gasteiger partial charge is 0.288 e. The molecule has 0 radical (unpaired) electrons. The van der Waals surface area contributed by atoms with Gasteiger partial charge >= 0.3 is 0 Å². The summed E-state index contributed by atoms with van der Waals surface area (Å²) >= 11 is 23.8.